The van der Waals surface area contributed by atoms with Crippen molar-refractivity contribution in [3.8, 4) is 0 Å². The first-order valence-electron chi connectivity index (χ1n) is 7.71. The molecule has 0 amide bonds. The fourth-order valence-electron chi connectivity index (χ4n) is 3.72. The van der Waals surface area contributed by atoms with Crippen molar-refractivity contribution in [2.45, 2.75) is 43.2 Å². The van der Waals surface area contributed by atoms with E-state index in [1.165, 1.54) is 51.7 Å². The molecule has 2 aliphatic rings. The Morgan fingerprint density at radius 3 is 1.95 bits per heavy atom. The van der Waals surface area contributed by atoms with Gasteiger partial charge in [0.15, 0.2) is 0 Å². The van der Waals surface area contributed by atoms with E-state index in [1.54, 1.807) is 0 Å². The van der Waals surface area contributed by atoms with E-state index in [0.29, 0.717) is 5.54 Å². The molecule has 0 atom stereocenters. The van der Waals surface area contributed by atoms with Crippen LogP contribution in [0.25, 0.3) is 0 Å². The lowest BCUT2D eigenvalue weighted by atomic mass is 9.74. The number of likely N-dealkylation sites (tertiary alicyclic amines) is 1. The van der Waals surface area contributed by atoms with Gasteiger partial charge in [-0.2, -0.15) is 0 Å². The zero-order valence-electron chi connectivity index (χ0n) is 13.3. The Kier molecular flexibility index (Phi) is 4.56. The number of nitrogens with zero attached hydrogens (tertiary/aromatic N) is 3. The molecule has 0 aromatic carbocycles. The van der Waals surface area contributed by atoms with Gasteiger partial charge in [0.25, 0.3) is 0 Å². The molecule has 0 aromatic heterocycles. The van der Waals surface area contributed by atoms with Gasteiger partial charge in [0.1, 0.15) is 0 Å². The van der Waals surface area contributed by atoms with Crippen molar-refractivity contribution in [2.24, 2.45) is 5.73 Å². The molecule has 4 heteroatoms. The van der Waals surface area contributed by atoms with E-state index in [4.69, 9.17) is 5.73 Å². The molecular weight excluding hydrogens is 236 g/mol. The largest absolute Gasteiger partial charge is 0.329 e. The first-order chi connectivity index (χ1) is 8.94. The van der Waals surface area contributed by atoms with Crippen molar-refractivity contribution in [2.75, 3.05) is 54.4 Å². The molecule has 0 bridgehead atoms. The van der Waals surface area contributed by atoms with Crippen LogP contribution in [0.5, 0.6) is 0 Å². The molecule has 1 saturated heterocycles. The molecule has 0 unspecified atom stereocenters. The van der Waals surface area contributed by atoms with Crippen molar-refractivity contribution in [3.05, 3.63) is 0 Å². The molecule has 112 valence electrons. The van der Waals surface area contributed by atoms with Gasteiger partial charge in [-0.3, -0.25) is 4.90 Å². The molecule has 4 nitrogen and oxygen atoms in total. The molecule has 1 heterocycles. The molecule has 0 radical (unpaired) electrons. The monoisotopic (exact) mass is 268 g/mol. The van der Waals surface area contributed by atoms with Crippen LogP contribution in [-0.4, -0.2) is 80.1 Å². The highest BCUT2D eigenvalue weighted by Crippen LogP contribution is 2.39. The minimum Gasteiger partial charge on any atom is -0.329 e. The maximum Gasteiger partial charge on any atom is 0.0353 e. The van der Waals surface area contributed by atoms with Crippen molar-refractivity contribution in [1.29, 1.82) is 0 Å². The summed E-state index contributed by atoms with van der Waals surface area (Å²) in [5.41, 5.74) is 6.80. The summed E-state index contributed by atoms with van der Waals surface area (Å²) < 4.78 is 0. The molecule has 1 saturated carbocycles. The summed E-state index contributed by atoms with van der Waals surface area (Å²) in [5, 5.41) is 0. The van der Waals surface area contributed by atoms with E-state index < -0.39 is 0 Å². The Morgan fingerprint density at radius 2 is 1.58 bits per heavy atom. The van der Waals surface area contributed by atoms with Crippen molar-refractivity contribution in [3.63, 3.8) is 0 Å². The lowest BCUT2D eigenvalue weighted by Gasteiger charge is -2.54. The predicted octanol–water partition coefficient (Wildman–Crippen LogP) is 0.826. The highest BCUT2D eigenvalue weighted by Gasteiger charge is 2.44. The van der Waals surface area contributed by atoms with E-state index in [0.717, 1.165) is 6.54 Å². The zero-order chi connectivity index (χ0) is 14.1. The minimum absolute atomic E-state index is 0.227. The molecule has 0 spiro atoms. The van der Waals surface area contributed by atoms with Crippen LogP contribution in [-0.2, 0) is 0 Å². The van der Waals surface area contributed by atoms with Gasteiger partial charge < -0.3 is 15.5 Å². The fraction of sp³-hybridized carbons (Fsp3) is 1.00. The van der Waals surface area contributed by atoms with Crippen LogP contribution in [0.15, 0.2) is 0 Å². The number of piperidine rings is 1. The lowest BCUT2D eigenvalue weighted by Crippen LogP contribution is -2.64. The second-order valence-corrected chi connectivity index (χ2v) is 7.06. The summed E-state index contributed by atoms with van der Waals surface area (Å²) in [4.78, 5) is 7.44. The van der Waals surface area contributed by atoms with Crippen LogP contribution in [0.2, 0.25) is 0 Å². The number of rotatable bonds is 5. The molecule has 1 aliphatic carbocycles. The van der Waals surface area contributed by atoms with Crippen molar-refractivity contribution in [1.82, 2.24) is 14.7 Å². The lowest BCUT2D eigenvalue weighted by molar-refractivity contribution is -0.0256. The normalized spacial score (nSPS) is 26.7. The van der Waals surface area contributed by atoms with Crippen LogP contribution >= 0.6 is 0 Å². The van der Waals surface area contributed by atoms with E-state index in [2.05, 4.69) is 42.9 Å². The third-order valence-electron chi connectivity index (χ3n) is 5.87. The minimum atomic E-state index is 0.227. The number of hydrogen-bond acceptors (Lipinski definition) is 4. The first kappa shape index (κ1) is 15.2. The third-order valence-corrected chi connectivity index (χ3v) is 5.87. The van der Waals surface area contributed by atoms with Crippen LogP contribution in [0.3, 0.4) is 0 Å². The summed E-state index contributed by atoms with van der Waals surface area (Å²) in [6.45, 7) is 4.31. The number of likely N-dealkylation sites (N-methyl/N-ethyl adjacent to an activating group) is 2. The molecule has 2 fully saturated rings. The average Bonchev–Trinajstić information content (AvgIpc) is 2.34. The molecule has 1 aliphatic heterocycles. The van der Waals surface area contributed by atoms with Gasteiger partial charge in [0, 0.05) is 24.2 Å². The Balaban J connectivity index is 2.02. The Morgan fingerprint density at radius 1 is 1.00 bits per heavy atom. The summed E-state index contributed by atoms with van der Waals surface area (Å²) in [7, 11) is 8.98. The van der Waals surface area contributed by atoms with Crippen molar-refractivity contribution >= 4 is 0 Å². The van der Waals surface area contributed by atoms with Gasteiger partial charge in [0.05, 0.1) is 0 Å². The highest BCUT2D eigenvalue weighted by atomic mass is 15.3. The zero-order valence-corrected chi connectivity index (χ0v) is 13.3. The van der Waals surface area contributed by atoms with Gasteiger partial charge in [-0.05, 0) is 73.4 Å². The Hall–Kier alpha value is -0.160. The summed E-state index contributed by atoms with van der Waals surface area (Å²) in [6, 6.07) is 0. The third kappa shape index (κ3) is 2.82. The number of hydrogen-bond donors (Lipinski definition) is 1. The Bertz CT molecular complexity index is 291. The van der Waals surface area contributed by atoms with Crippen LogP contribution in [0.4, 0.5) is 0 Å². The molecule has 2 N–H and O–H groups in total. The van der Waals surface area contributed by atoms with Gasteiger partial charge in [0.2, 0.25) is 0 Å². The SMILES string of the molecule is CN1CCC(CN)(N(C)CC2(N(C)C)CCC2)CC1. The summed E-state index contributed by atoms with van der Waals surface area (Å²) in [5.74, 6) is 0. The maximum atomic E-state index is 6.17. The van der Waals surface area contributed by atoms with Gasteiger partial charge in [-0.15, -0.1) is 0 Å². The van der Waals surface area contributed by atoms with Crippen LogP contribution in [0.1, 0.15) is 32.1 Å². The van der Waals surface area contributed by atoms with E-state index in [9.17, 15) is 0 Å². The molecule has 19 heavy (non-hydrogen) atoms. The van der Waals surface area contributed by atoms with E-state index >= 15 is 0 Å². The molecule has 0 aromatic rings. The smallest absolute Gasteiger partial charge is 0.0353 e. The average molecular weight is 268 g/mol. The fourth-order valence-corrected chi connectivity index (χ4v) is 3.72. The van der Waals surface area contributed by atoms with E-state index in [-0.39, 0.29) is 5.54 Å². The van der Waals surface area contributed by atoms with Crippen molar-refractivity contribution < 1.29 is 0 Å². The first-order valence-corrected chi connectivity index (χ1v) is 7.71. The Labute approximate surface area is 118 Å². The van der Waals surface area contributed by atoms with Gasteiger partial charge >= 0.3 is 0 Å². The summed E-state index contributed by atoms with van der Waals surface area (Å²) >= 11 is 0. The second-order valence-electron chi connectivity index (χ2n) is 7.06. The standard InChI is InChI=1S/C15H32N4/c1-17(2)15(6-5-7-15)13-19(4)14(12-16)8-10-18(3)11-9-14/h5-13,16H2,1-4H3. The van der Waals surface area contributed by atoms with Crippen LogP contribution < -0.4 is 5.73 Å². The van der Waals surface area contributed by atoms with Crippen LogP contribution in [0, 0.1) is 0 Å². The predicted molar refractivity (Wildman–Crippen MR) is 81.4 cm³/mol. The maximum absolute atomic E-state index is 6.17. The molecular formula is C15H32N4. The highest BCUT2D eigenvalue weighted by molar-refractivity contribution is 5.03. The number of nitrogens with two attached hydrogens (primary N) is 1. The second kappa shape index (κ2) is 5.68. The quantitative estimate of drug-likeness (QED) is 0.801. The van der Waals surface area contributed by atoms with E-state index in [1.807, 2.05) is 0 Å². The molecule has 2 rings (SSSR count). The van der Waals surface area contributed by atoms with Gasteiger partial charge in [-0.25, -0.2) is 0 Å². The topological polar surface area (TPSA) is 35.7 Å². The summed E-state index contributed by atoms with van der Waals surface area (Å²) in [6.07, 6.45) is 6.47. The van der Waals surface area contributed by atoms with Gasteiger partial charge in [-0.1, -0.05) is 0 Å².